The molecule has 0 saturated heterocycles. The van der Waals surface area contributed by atoms with Crippen molar-refractivity contribution in [1.29, 1.82) is 0 Å². The normalized spacial score (nSPS) is 14.4. The predicted octanol–water partition coefficient (Wildman–Crippen LogP) is 4.89. The van der Waals surface area contributed by atoms with E-state index >= 15 is 0 Å². The van der Waals surface area contributed by atoms with Gasteiger partial charge in [-0.1, -0.05) is 0 Å². The van der Waals surface area contributed by atoms with Crippen molar-refractivity contribution in [2.24, 2.45) is 0 Å². The van der Waals surface area contributed by atoms with Crippen LogP contribution in [0.15, 0.2) is 24.3 Å². The molecule has 5 rings (SSSR count). The Bertz CT molecular complexity index is 1480. The van der Waals surface area contributed by atoms with E-state index in [2.05, 4.69) is 20.8 Å². The van der Waals surface area contributed by atoms with Crippen LogP contribution in [-0.2, 0) is 16.1 Å². The van der Waals surface area contributed by atoms with Gasteiger partial charge in [-0.3, -0.25) is 20.0 Å². The monoisotopic (exact) mass is 522 g/mol. The molecule has 0 atom stereocenters. The number of imidazole rings is 1. The van der Waals surface area contributed by atoms with Crippen LogP contribution in [0.2, 0.25) is 0 Å². The summed E-state index contributed by atoms with van der Waals surface area (Å²) in [6, 6.07) is 7.39. The van der Waals surface area contributed by atoms with Gasteiger partial charge in [-0.05, 0) is 59.2 Å². The number of fused-ring (bicyclic) bond motifs is 2. The highest BCUT2D eigenvalue weighted by Gasteiger charge is 2.36. The molecular weight excluding hydrogens is 492 g/mol. The van der Waals surface area contributed by atoms with E-state index in [1.165, 1.54) is 11.3 Å². The Balaban J connectivity index is 1.47. The third-order valence-corrected chi connectivity index (χ3v) is 7.42. The number of ether oxygens (including phenoxy) is 2. The van der Waals surface area contributed by atoms with Crippen LogP contribution in [0.5, 0.6) is 5.75 Å². The fourth-order valence-corrected chi connectivity index (χ4v) is 5.45. The number of carbonyl (C=O) groups excluding carboxylic acids is 2. The topological polar surface area (TPSA) is 123 Å². The minimum Gasteiger partial charge on any atom is -0.476 e. The maximum absolute atomic E-state index is 13.3. The van der Waals surface area contributed by atoms with Crippen LogP contribution in [0.3, 0.4) is 0 Å². The van der Waals surface area contributed by atoms with Gasteiger partial charge in [0.2, 0.25) is 5.95 Å². The smallest absolute Gasteiger partial charge is 0.268 e. The number of anilines is 2. The minimum absolute atomic E-state index is 0.222. The average Bonchev–Trinajstić information content (AvgIpc) is 3.53. The molecular formula is C26H30N6O4S. The molecule has 3 N–H and O–H groups in total. The van der Waals surface area contributed by atoms with E-state index in [0.29, 0.717) is 47.5 Å². The Hall–Kier alpha value is -3.70. The lowest BCUT2D eigenvalue weighted by molar-refractivity contribution is -0.129. The molecule has 0 saturated carbocycles. The number of aromatic nitrogens is 4. The Kier molecular flexibility index (Phi) is 6.50. The number of carbonyl (C=O) groups is 2. The third-order valence-electron chi connectivity index (χ3n) is 6.31. The van der Waals surface area contributed by atoms with E-state index in [9.17, 15) is 9.59 Å². The van der Waals surface area contributed by atoms with E-state index in [1.54, 1.807) is 19.9 Å². The van der Waals surface area contributed by atoms with E-state index in [1.807, 2.05) is 43.5 Å². The van der Waals surface area contributed by atoms with Gasteiger partial charge < -0.3 is 19.4 Å². The zero-order valence-electron chi connectivity index (χ0n) is 21.5. The Labute approximate surface area is 218 Å². The van der Waals surface area contributed by atoms with Gasteiger partial charge in [0.1, 0.15) is 5.75 Å². The summed E-state index contributed by atoms with van der Waals surface area (Å²) in [5, 5.41) is 13.1. The molecule has 0 unspecified atom stereocenters. The number of hydrogen-bond acceptors (Lipinski definition) is 7. The van der Waals surface area contributed by atoms with Crippen LogP contribution >= 0.6 is 11.3 Å². The molecule has 3 aromatic heterocycles. The number of nitrogens with one attached hydrogen (secondary N) is 3. The molecule has 4 heterocycles. The summed E-state index contributed by atoms with van der Waals surface area (Å²) < 4.78 is 13.5. The van der Waals surface area contributed by atoms with Crippen LogP contribution in [0.1, 0.15) is 48.3 Å². The summed E-state index contributed by atoms with van der Waals surface area (Å²) in [4.78, 5) is 31.9. The Morgan fingerprint density at radius 3 is 2.81 bits per heavy atom. The molecule has 1 aliphatic heterocycles. The summed E-state index contributed by atoms with van der Waals surface area (Å²) in [6.07, 6.45) is 0.741. The largest absolute Gasteiger partial charge is 0.476 e. The van der Waals surface area contributed by atoms with Crippen LogP contribution < -0.4 is 15.4 Å². The van der Waals surface area contributed by atoms with Gasteiger partial charge in [-0.25, -0.2) is 4.98 Å². The van der Waals surface area contributed by atoms with Gasteiger partial charge >= 0.3 is 0 Å². The highest BCUT2D eigenvalue weighted by atomic mass is 32.1. The number of rotatable bonds is 8. The number of aromatic amines is 1. The van der Waals surface area contributed by atoms with Gasteiger partial charge in [-0.15, -0.1) is 11.3 Å². The van der Waals surface area contributed by atoms with Crippen molar-refractivity contribution in [2.75, 3.05) is 23.8 Å². The fraction of sp³-hybridized carbons (Fsp3) is 0.385. The second kappa shape index (κ2) is 9.64. The molecule has 0 radical (unpaired) electrons. The molecule has 0 aliphatic carbocycles. The first-order chi connectivity index (χ1) is 17.7. The van der Waals surface area contributed by atoms with Gasteiger partial charge in [0.25, 0.3) is 11.8 Å². The van der Waals surface area contributed by atoms with Crippen molar-refractivity contribution in [3.63, 3.8) is 0 Å². The van der Waals surface area contributed by atoms with E-state index < -0.39 is 5.60 Å². The lowest BCUT2D eigenvalue weighted by Gasteiger charge is -2.31. The predicted molar refractivity (Wildman–Crippen MR) is 144 cm³/mol. The molecule has 11 heteroatoms. The molecule has 37 heavy (non-hydrogen) atoms. The third kappa shape index (κ3) is 4.72. The van der Waals surface area contributed by atoms with Crippen molar-refractivity contribution in [3.05, 3.63) is 40.5 Å². The molecule has 2 amide bonds. The molecule has 0 fully saturated rings. The zero-order chi connectivity index (χ0) is 26.3. The fourth-order valence-electron chi connectivity index (χ4n) is 4.39. The van der Waals surface area contributed by atoms with Crippen molar-refractivity contribution in [2.45, 2.75) is 53.2 Å². The van der Waals surface area contributed by atoms with Crippen molar-refractivity contribution < 1.29 is 19.1 Å². The van der Waals surface area contributed by atoms with Crippen LogP contribution in [0.25, 0.3) is 21.5 Å². The summed E-state index contributed by atoms with van der Waals surface area (Å²) in [7, 11) is 0. The lowest BCUT2D eigenvalue weighted by atomic mass is 10.1. The molecule has 0 bridgehead atoms. The van der Waals surface area contributed by atoms with Crippen LogP contribution in [0.4, 0.5) is 11.6 Å². The van der Waals surface area contributed by atoms with Gasteiger partial charge in [0.15, 0.2) is 5.60 Å². The molecule has 10 nitrogen and oxygen atoms in total. The first kappa shape index (κ1) is 25.0. The molecule has 0 spiro atoms. The minimum atomic E-state index is -0.986. The van der Waals surface area contributed by atoms with Crippen molar-refractivity contribution in [3.8, 4) is 16.2 Å². The zero-order valence-corrected chi connectivity index (χ0v) is 22.3. The quantitative estimate of drug-likeness (QED) is 0.283. The molecule has 1 aromatic carbocycles. The molecule has 1 aliphatic rings. The first-order valence-corrected chi connectivity index (χ1v) is 13.0. The lowest BCUT2D eigenvalue weighted by Crippen LogP contribution is -2.45. The first-order valence-electron chi connectivity index (χ1n) is 12.2. The van der Waals surface area contributed by atoms with Crippen LogP contribution in [-0.4, -0.2) is 50.4 Å². The summed E-state index contributed by atoms with van der Waals surface area (Å²) in [6.45, 7) is 11.1. The number of benzene rings is 1. The second-order valence-corrected chi connectivity index (χ2v) is 10.6. The van der Waals surface area contributed by atoms with Crippen molar-refractivity contribution in [1.82, 2.24) is 19.7 Å². The molecule has 4 aromatic rings. The second-order valence-electron chi connectivity index (χ2n) is 9.47. The van der Waals surface area contributed by atoms with Crippen LogP contribution in [0, 0.1) is 13.8 Å². The summed E-state index contributed by atoms with van der Waals surface area (Å²) in [5.41, 5.74) is 3.89. The number of hydrogen-bond donors (Lipinski definition) is 3. The number of thiophene rings is 1. The number of H-pyrrole nitrogens is 1. The van der Waals surface area contributed by atoms with E-state index in [4.69, 9.17) is 14.5 Å². The standard InChI is InChI=1S/C26H30N6O4S/c1-6-35-11-7-10-32-18-13-19-17(27-24(34)26(4,5)36-19)12-16(18)28-25(32)29-23(33)21-9-8-20(37-21)22-14(2)30-31-15(22)3/h8-9,12-13H,6-7,10-11H2,1-5H3,(H,27,34)(H,30,31)(H,28,29,33). The molecule has 194 valence electrons. The van der Waals surface area contributed by atoms with E-state index in [0.717, 1.165) is 33.8 Å². The maximum Gasteiger partial charge on any atom is 0.268 e. The Morgan fingerprint density at radius 1 is 1.27 bits per heavy atom. The van der Waals surface area contributed by atoms with Gasteiger partial charge in [-0.2, -0.15) is 5.10 Å². The number of aryl methyl sites for hydroxylation is 3. The maximum atomic E-state index is 13.3. The summed E-state index contributed by atoms with van der Waals surface area (Å²) >= 11 is 1.41. The Morgan fingerprint density at radius 2 is 2.08 bits per heavy atom. The SMILES string of the molecule is CCOCCCn1c(NC(=O)c2ccc(-c3c(C)n[nH]c3C)s2)nc2cc3c(cc21)OC(C)(C)C(=O)N3. The average molecular weight is 523 g/mol. The van der Waals surface area contributed by atoms with Crippen molar-refractivity contribution >= 4 is 45.8 Å². The van der Waals surface area contributed by atoms with Gasteiger partial charge in [0.05, 0.1) is 27.3 Å². The number of amides is 2. The highest BCUT2D eigenvalue weighted by Crippen LogP contribution is 2.38. The highest BCUT2D eigenvalue weighted by molar-refractivity contribution is 7.17. The summed E-state index contributed by atoms with van der Waals surface area (Å²) in [5.74, 6) is 0.525. The number of nitrogens with zero attached hydrogens (tertiary/aromatic N) is 3. The van der Waals surface area contributed by atoms with Gasteiger partial charge in [0, 0.05) is 42.0 Å². The van der Waals surface area contributed by atoms with E-state index in [-0.39, 0.29) is 11.8 Å².